The van der Waals surface area contributed by atoms with E-state index in [4.69, 9.17) is 17.0 Å². The average molecular weight is 441 g/mol. The van der Waals surface area contributed by atoms with Crippen LogP contribution in [0.3, 0.4) is 0 Å². The Morgan fingerprint density at radius 3 is 2.76 bits per heavy atom. The van der Waals surface area contributed by atoms with Crippen LogP contribution >= 0.6 is 23.6 Å². The maximum atomic E-state index is 12.7. The van der Waals surface area contributed by atoms with E-state index in [1.807, 2.05) is 0 Å². The molecule has 5 nitrogen and oxygen atoms in total. The van der Waals surface area contributed by atoms with E-state index in [1.165, 1.54) is 17.4 Å². The van der Waals surface area contributed by atoms with Gasteiger partial charge in [0, 0.05) is 4.88 Å². The quantitative estimate of drug-likeness (QED) is 0.455. The van der Waals surface area contributed by atoms with Crippen LogP contribution in [0, 0.1) is 6.92 Å². The van der Waals surface area contributed by atoms with Crippen LogP contribution in [0.5, 0.6) is 5.75 Å². The van der Waals surface area contributed by atoms with Crippen molar-refractivity contribution in [3.8, 4) is 5.75 Å². The second-order valence-electron chi connectivity index (χ2n) is 6.59. The number of benzene rings is 1. The van der Waals surface area contributed by atoms with Gasteiger partial charge in [-0.05, 0) is 75.0 Å². The molecule has 1 aromatic heterocycles. The lowest BCUT2D eigenvalue weighted by Crippen LogP contribution is -2.21. The first-order valence-corrected chi connectivity index (χ1v) is 10.6. The number of hydrogen-bond acceptors (Lipinski definition) is 5. The fourth-order valence-electron chi connectivity index (χ4n) is 3.26. The predicted octanol–water partition coefficient (Wildman–Crippen LogP) is 5.52. The van der Waals surface area contributed by atoms with Crippen LogP contribution in [-0.2, 0) is 17.6 Å². The second kappa shape index (κ2) is 9.49. The van der Waals surface area contributed by atoms with Crippen molar-refractivity contribution >= 4 is 45.3 Å². The third kappa shape index (κ3) is 5.22. The molecule has 0 unspecified atom stereocenters. The number of aryl methyl sites for hydroxylation is 2. The van der Waals surface area contributed by atoms with Crippen LogP contribution < -0.4 is 15.4 Å². The lowest BCUT2D eigenvalue weighted by molar-refractivity contribution is -0.0493. The van der Waals surface area contributed by atoms with Gasteiger partial charge in [-0.2, -0.15) is 8.78 Å². The van der Waals surface area contributed by atoms with E-state index in [0.717, 1.165) is 41.7 Å². The van der Waals surface area contributed by atoms with E-state index in [0.29, 0.717) is 16.3 Å². The Morgan fingerprint density at radius 2 is 2.03 bits per heavy atom. The monoisotopic (exact) mass is 440 g/mol. The van der Waals surface area contributed by atoms with Crippen molar-refractivity contribution in [3.05, 3.63) is 39.8 Å². The molecule has 0 saturated carbocycles. The van der Waals surface area contributed by atoms with Gasteiger partial charge in [-0.1, -0.05) is 6.07 Å². The average Bonchev–Trinajstić information content (AvgIpc) is 3.01. The summed E-state index contributed by atoms with van der Waals surface area (Å²) in [6, 6.07) is 4.88. The summed E-state index contributed by atoms with van der Waals surface area (Å²) in [6.07, 6.45) is 3.84. The van der Waals surface area contributed by atoms with E-state index < -0.39 is 6.61 Å². The van der Waals surface area contributed by atoms with Crippen molar-refractivity contribution in [2.75, 3.05) is 17.2 Å². The van der Waals surface area contributed by atoms with Gasteiger partial charge in [0.1, 0.15) is 10.8 Å². The number of thiophene rings is 1. The largest absolute Gasteiger partial charge is 0.462 e. The number of halogens is 2. The number of alkyl halides is 2. The molecule has 3 rings (SSSR count). The van der Waals surface area contributed by atoms with Crippen molar-refractivity contribution < 1.29 is 23.0 Å². The number of thiocarbonyl (C=S) groups is 1. The van der Waals surface area contributed by atoms with Crippen molar-refractivity contribution in [2.24, 2.45) is 0 Å². The molecule has 0 radical (unpaired) electrons. The topological polar surface area (TPSA) is 59.6 Å². The summed E-state index contributed by atoms with van der Waals surface area (Å²) in [5.74, 6) is -0.380. The van der Waals surface area contributed by atoms with Gasteiger partial charge in [-0.3, -0.25) is 0 Å². The number of fused-ring (bicyclic) bond motifs is 1. The van der Waals surface area contributed by atoms with E-state index in [-0.39, 0.29) is 23.4 Å². The molecule has 2 aromatic rings. The molecule has 0 bridgehead atoms. The number of hydrogen-bond donors (Lipinski definition) is 2. The number of rotatable bonds is 6. The van der Waals surface area contributed by atoms with Gasteiger partial charge in [0.15, 0.2) is 5.11 Å². The molecule has 2 N–H and O–H groups in total. The highest BCUT2D eigenvalue weighted by Crippen LogP contribution is 2.39. The maximum absolute atomic E-state index is 12.7. The van der Waals surface area contributed by atoms with Gasteiger partial charge in [0.2, 0.25) is 0 Å². The zero-order valence-corrected chi connectivity index (χ0v) is 17.8. The number of carbonyl (C=O) groups excluding carboxylic acids is 1. The van der Waals surface area contributed by atoms with Crippen molar-refractivity contribution in [1.82, 2.24) is 0 Å². The molecular formula is C20H22F2N2O3S2. The van der Waals surface area contributed by atoms with E-state index in [2.05, 4.69) is 15.4 Å². The van der Waals surface area contributed by atoms with Gasteiger partial charge >= 0.3 is 12.6 Å². The first-order valence-electron chi connectivity index (χ1n) is 9.34. The minimum absolute atomic E-state index is 0.000222. The second-order valence-corrected chi connectivity index (χ2v) is 8.11. The summed E-state index contributed by atoms with van der Waals surface area (Å²) < 4.78 is 35.2. The fraction of sp³-hybridized carbons (Fsp3) is 0.400. The normalized spacial score (nSPS) is 13.0. The molecule has 1 aliphatic carbocycles. The first kappa shape index (κ1) is 21.4. The lowest BCUT2D eigenvalue weighted by atomic mass is 9.95. The summed E-state index contributed by atoms with van der Waals surface area (Å²) >= 11 is 6.85. The SMILES string of the molecule is CCOC(=O)c1c(NC(=S)Nc2ccc(C)cc2OC(F)F)sc2c1CCCC2. The Bertz CT molecular complexity index is 915. The molecule has 1 aliphatic rings. The molecule has 0 amide bonds. The maximum Gasteiger partial charge on any atom is 0.387 e. The van der Waals surface area contributed by atoms with Crippen LogP contribution in [0.25, 0.3) is 0 Å². The highest BCUT2D eigenvalue weighted by Gasteiger charge is 2.27. The third-order valence-electron chi connectivity index (χ3n) is 4.48. The number of anilines is 2. The fourth-order valence-corrected chi connectivity index (χ4v) is 4.81. The Labute approximate surface area is 177 Å². The Balaban J connectivity index is 1.83. The molecule has 1 heterocycles. The standard InChI is InChI=1S/C20H22F2N2O3S2/c1-3-26-18(25)16-12-6-4-5-7-15(12)29-17(16)24-20(28)23-13-9-8-11(2)10-14(13)27-19(21)22/h8-10,19H,3-7H2,1-2H3,(H2,23,24,28). The minimum Gasteiger partial charge on any atom is -0.462 e. The molecule has 9 heteroatoms. The summed E-state index contributed by atoms with van der Waals surface area (Å²) in [5.41, 5.74) is 2.62. The van der Waals surface area contributed by atoms with Gasteiger partial charge in [-0.15, -0.1) is 11.3 Å². The van der Waals surface area contributed by atoms with Crippen LogP contribution in [0.4, 0.5) is 19.5 Å². The van der Waals surface area contributed by atoms with Crippen LogP contribution in [0.15, 0.2) is 18.2 Å². The molecule has 29 heavy (non-hydrogen) atoms. The molecule has 0 saturated heterocycles. The number of esters is 1. The highest BCUT2D eigenvalue weighted by molar-refractivity contribution is 7.80. The van der Waals surface area contributed by atoms with Crippen molar-refractivity contribution in [2.45, 2.75) is 46.1 Å². The lowest BCUT2D eigenvalue weighted by Gasteiger charge is -2.15. The molecule has 156 valence electrons. The van der Waals surface area contributed by atoms with E-state index >= 15 is 0 Å². The van der Waals surface area contributed by atoms with Gasteiger partial charge in [0.25, 0.3) is 0 Å². The summed E-state index contributed by atoms with van der Waals surface area (Å²) in [5, 5.41) is 6.72. The van der Waals surface area contributed by atoms with Gasteiger partial charge in [0.05, 0.1) is 17.9 Å². The summed E-state index contributed by atoms with van der Waals surface area (Å²) in [4.78, 5) is 13.7. The zero-order chi connectivity index (χ0) is 21.0. The highest BCUT2D eigenvalue weighted by atomic mass is 32.1. The summed E-state index contributed by atoms with van der Waals surface area (Å²) in [6.45, 7) is 0.875. The number of carbonyl (C=O) groups is 1. The van der Waals surface area contributed by atoms with Crippen LogP contribution in [0.1, 0.15) is 46.1 Å². The van der Waals surface area contributed by atoms with Gasteiger partial charge < -0.3 is 20.1 Å². The number of ether oxygens (including phenoxy) is 2. The predicted molar refractivity (Wildman–Crippen MR) is 115 cm³/mol. The number of nitrogens with one attached hydrogen (secondary N) is 2. The smallest absolute Gasteiger partial charge is 0.387 e. The molecular weight excluding hydrogens is 418 g/mol. The minimum atomic E-state index is -2.95. The molecule has 0 fully saturated rings. The van der Waals surface area contributed by atoms with Gasteiger partial charge in [-0.25, -0.2) is 4.79 Å². The van der Waals surface area contributed by atoms with Crippen molar-refractivity contribution in [1.29, 1.82) is 0 Å². The zero-order valence-electron chi connectivity index (χ0n) is 16.1. The Hall–Kier alpha value is -2.26. The molecule has 0 aliphatic heterocycles. The third-order valence-corrected chi connectivity index (χ3v) is 5.89. The van der Waals surface area contributed by atoms with Crippen molar-refractivity contribution in [3.63, 3.8) is 0 Å². The van der Waals surface area contributed by atoms with Crippen LogP contribution in [0.2, 0.25) is 0 Å². The van der Waals surface area contributed by atoms with E-state index in [9.17, 15) is 13.6 Å². The Kier molecular flexibility index (Phi) is 7.02. The van der Waals surface area contributed by atoms with Crippen LogP contribution in [-0.4, -0.2) is 24.3 Å². The molecule has 0 atom stereocenters. The Morgan fingerprint density at radius 1 is 1.28 bits per heavy atom. The molecule has 1 aromatic carbocycles. The first-order chi connectivity index (χ1) is 13.9. The molecule has 0 spiro atoms. The van der Waals surface area contributed by atoms with E-state index in [1.54, 1.807) is 26.0 Å². The summed E-state index contributed by atoms with van der Waals surface area (Å²) in [7, 11) is 0.